The summed E-state index contributed by atoms with van der Waals surface area (Å²) in [6.07, 6.45) is -0.357. The molecule has 0 bridgehead atoms. The lowest BCUT2D eigenvalue weighted by Crippen LogP contribution is -2.47. The van der Waals surface area contributed by atoms with Crippen LogP contribution in [0.25, 0.3) is 0 Å². The van der Waals surface area contributed by atoms with E-state index in [1.807, 2.05) is 0 Å². The summed E-state index contributed by atoms with van der Waals surface area (Å²) in [6.45, 7) is -0.0291. The Morgan fingerprint density at radius 1 is 1.24 bits per heavy atom. The maximum absolute atomic E-state index is 13.2. The second-order valence-corrected chi connectivity index (χ2v) is 7.32. The second-order valence-electron chi connectivity index (χ2n) is 5.51. The van der Waals surface area contributed by atoms with Crippen LogP contribution in [0.2, 0.25) is 0 Å². The highest BCUT2D eigenvalue weighted by molar-refractivity contribution is 7.92. The molecule has 2 aromatic carbocycles. The molecule has 1 heterocycles. The number of fused-ring (bicyclic) bond motifs is 1. The first-order chi connectivity index (χ1) is 11.9. The summed E-state index contributed by atoms with van der Waals surface area (Å²) in [6, 6.07) is 11.8. The maximum Gasteiger partial charge on any atom is 0.305 e. The number of para-hydroxylation sites is 2. The quantitative estimate of drug-likeness (QED) is 0.875. The number of rotatable bonds is 5. The predicted molar refractivity (Wildman–Crippen MR) is 90.6 cm³/mol. The molecule has 0 unspecified atom stereocenters. The van der Waals surface area contributed by atoms with Crippen LogP contribution < -0.4 is 13.8 Å². The lowest BCUT2D eigenvalue weighted by atomic mass is 10.1. The molecule has 0 spiro atoms. The van der Waals surface area contributed by atoms with Crippen molar-refractivity contribution >= 4 is 21.7 Å². The lowest BCUT2D eigenvalue weighted by Gasteiger charge is -2.36. The van der Waals surface area contributed by atoms with Gasteiger partial charge < -0.3 is 14.6 Å². The molecule has 0 amide bonds. The summed E-state index contributed by atoms with van der Waals surface area (Å²) in [5.74, 6) is -0.160. The number of carboxylic acid groups (broad SMARTS) is 1. The Bertz CT molecular complexity index is 878. The fraction of sp³-hybridized carbons (Fsp3) is 0.235. The van der Waals surface area contributed by atoms with Crippen molar-refractivity contribution in [3.05, 3.63) is 48.5 Å². The lowest BCUT2D eigenvalue weighted by molar-refractivity contribution is -0.137. The molecule has 0 fully saturated rings. The van der Waals surface area contributed by atoms with Gasteiger partial charge in [-0.15, -0.1) is 0 Å². The van der Waals surface area contributed by atoms with Gasteiger partial charge in [-0.2, -0.15) is 0 Å². The average molecular weight is 363 g/mol. The van der Waals surface area contributed by atoms with Gasteiger partial charge in [0.05, 0.1) is 30.2 Å². The summed E-state index contributed by atoms with van der Waals surface area (Å²) < 4.78 is 38.1. The van der Waals surface area contributed by atoms with E-state index in [2.05, 4.69) is 0 Å². The summed E-state index contributed by atoms with van der Waals surface area (Å²) >= 11 is 0. The third kappa shape index (κ3) is 3.25. The molecule has 1 aliphatic rings. The Balaban J connectivity index is 2.09. The van der Waals surface area contributed by atoms with Gasteiger partial charge in [-0.25, -0.2) is 8.42 Å². The Hall–Kier alpha value is -2.74. The van der Waals surface area contributed by atoms with Gasteiger partial charge in [0.15, 0.2) is 0 Å². The first-order valence-electron chi connectivity index (χ1n) is 7.55. The van der Waals surface area contributed by atoms with Gasteiger partial charge in [0.2, 0.25) is 0 Å². The molecule has 3 rings (SSSR count). The SMILES string of the molecule is COc1ccc(S(=O)(=O)N2c3ccccc3OC[C@@H]2CC(=O)O)cc1. The monoisotopic (exact) mass is 363 g/mol. The summed E-state index contributed by atoms with van der Waals surface area (Å²) in [5, 5.41) is 9.14. The van der Waals surface area contributed by atoms with Crippen molar-refractivity contribution in [1.82, 2.24) is 0 Å². The van der Waals surface area contributed by atoms with E-state index in [1.165, 1.54) is 19.2 Å². The number of sulfonamides is 1. The van der Waals surface area contributed by atoms with E-state index < -0.39 is 22.0 Å². The van der Waals surface area contributed by atoms with Crippen molar-refractivity contribution in [2.24, 2.45) is 0 Å². The second kappa shape index (κ2) is 6.64. The molecule has 0 saturated heterocycles. The van der Waals surface area contributed by atoms with Crippen molar-refractivity contribution in [3.63, 3.8) is 0 Å². The van der Waals surface area contributed by atoms with E-state index in [0.29, 0.717) is 17.2 Å². The number of aliphatic carboxylic acids is 1. The Kier molecular flexibility index (Phi) is 4.54. The van der Waals surface area contributed by atoms with Crippen LogP contribution in [-0.4, -0.2) is 39.3 Å². The average Bonchev–Trinajstić information content (AvgIpc) is 2.61. The van der Waals surface area contributed by atoms with Gasteiger partial charge in [-0.3, -0.25) is 9.10 Å². The molecule has 2 aromatic rings. The van der Waals surface area contributed by atoms with Crippen LogP contribution >= 0.6 is 0 Å². The molecule has 0 radical (unpaired) electrons. The third-order valence-corrected chi connectivity index (χ3v) is 5.77. The number of carboxylic acids is 1. The smallest absolute Gasteiger partial charge is 0.305 e. The molecule has 1 atom stereocenters. The normalized spacial score (nSPS) is 16.7. The molecule has 0 aliphatic carbocycles. The molecule has 1 aliphatic heterocycles. The van der Waals surface area contributed by atoms with Crippen molar-refractivity contribution in [2.45, 2.75) is 17.4 Å². The van der Waals surface area contributed by atoms with Crippen LogP contribution in [-0.2, 0) is 14.8 Å². The molecule has 7 nitrogen and oxygen atoms in total. The number of ether oxygens (including phenoxy) is 2. The highest BCUT2D eigenvalue weighted by atomic mass is 32.2. The van der Waals surface area contributed by atoms with Crippen molar-refractivity contribution in [1.29, 1.82) is 0 Å². The Morgan fingerprint density at radius 2 is 1.92 bits per heavy atom. The van der Waals surface area contributed by atoms with Crippen LogP contribution in [0.3, 0.4) is 0 Å². The number of nitrogens with zero attached hydrogens (tertiary/aromatic N) is 1. The molecule has 25 heavy (non-hydrogen) atoms. The van der Waals surface area contributed by atoms with Gasteiger partial charge in [0.25, 0.3) is 10.0 Å². The van der Waals surface area contributed by atoms with Crippen LogP contribution in [0.15, 0.2) is 53.4 Å². The maximum atomic E-state index is 13.2. The van der Waals surface area contributed by atoms with E-state index in [4.69, 9.17) is 14.6 Å². The summed E-state index contributed by atoms with van der Waals surface area (Å²) in [7, 11) is -2.47. The number of benzene rings is 2. The fourth-order valence-corrected chi connectivity index (χ4v) is 4.39. The first kappa shape index (κ1) is 17.1. The fourth-order valence-electron chi connectivity index (χ4n) is 2.74. The Labute approximate surface area is 145 Å². The van der Waals surface area contributed by atoms with Crippen LogP contribution in [0, 0.1) is 0 Å². The zero-order valence-corrected chi connectivity index (χ0v) is 14.3. The zero-order valence-electron chi connectivity index (χ0n) is 13.5. The van der Waals surface area contributed by atoms with Gasteiger partial charge in [-0.1, -0.05) is 12.1 Å². The molecule has 1 N–H and O–H groups in total. The number of hydrogen-bond acceptors (Lipinski definition) is 5. The molecule has 0 saturated carbocycles. The molecule has 0 aromatic heterocycles. The molecular weight excluding hydrogens is 346 g/mol. The number of hydrogen-bond donors (Lipinski definition) is 1. The molecule has 132 valence electrons. The van der Waals surface area contributed by atoms with Crippen LogP contribution in [0.1, 0.15) is 6.42 Å². The van der Waals surface area contributed by atoms with Crippen molar-refractivity contribution in [2.75, 3.05) is 18.0 Å². The summed E-state index contributed by atoms with van der Waals surface area (Å²) in [5.41, 5.74) is 0.329. The van der Waals surface area contributed by atoms with Crippen LogP contribution in [0.4, 0.5) is 5.69 Å². The standard InChI is InChI=1S/C17H17NO6S/c1-23-13-6-8-14(9-7-13)25(21,22)18-12(10-17(19)20)11-24-16-5-3-2-4-15(16)18/h2-9,12H,10-11H2,1H3,(H,19,20)/t12-/m0/s1. The van der Waals surface area contributed by atoms with E-state index >= 15 is 0 Å². The minimum atomic E-state index is -3.96. The highest BCUT2D eigenvalue weighted by Gasteiger charge is 2.38. The van der Waals surface area contributed by atoms with E-state index in [9.17, 15) is 13.2 Å². The number of carbonyl (C=O) groups is 1. The molecule has 8 heteroatoms. The van der Waals surface area contributed by atoms with Gasteiger partial charge in [-0.05, 0) is 36.4 Å². The van der Waals surface area contributed by atoms with Gasteiger partial charge in [0.1, 0.15) is 18.1 Å². The van der Waals surface area contributed by atoms with Crippen molar-refractivity contribution in [3.8, 4) is 11.5 Å². The van der Waals surface area contributed by atoms with Gasteiger partial charge in [0, 0.05) is 0 Å². The van der Waals surface area contributed by atoms with Crippen molar-refractivity contribution < 1.29 is 27.8 Å². The van der Waals surface area contributed by atoms with Gasteiger partial charge >= 0.3 is 5.97 Å². The summed E-state index contributed by atoms with van der Waals surface area (Å²) in [4.78, 5) is 11.2. The van der Waals surface area contributed by atoms with Crippen LogP contribution in [0.5, 0.6) is 11.5 Å². The predicted octanol–water partition coefficient (Wildman–Crippen LogP) is 2.13. The van der Waals surface area contributed by atoms with E-state index in [-0.39, 0.29) is 17.9 Å². The zero-order chi connectivity index (χ0) is 18.0. The van der Waals surface area contributed by atoms with E-state index in [0.717, 1.165) is 4.31 Å². The van der Waals surface area contributed by atoms with E-state index in [1.54, 1.807) is 36.4 Å². The largest absolute Gasteiger partial charge is 0.497 e. The topological polar surface area (TPSA) is 93.1 Å². The number of methoxy groups -OCH3 is 1. The minimum absolute atomic E-state index is 0.0291. The Morgan fingerprint density at radius 3 is 2.56 bits per heavy atom. The first-order valence-corrected chi connectivity index (χ1v) is 8.99. The molecular formula is C17H17NO6S. The highest BCUT2D eigenvalue weighted by Crippen LogP contribution is 2.38. The minimum Gasteiger partial charge on any atom is -0.497 e. The third-order valence-electron chi connectivity index (χ3n) is 3.89. The number of anilines is 1.